The molecule has 0 aliphatic carbocycles. The topological polar surface area (TPSA) is 67.8 Å². The average molecular weight is 253 g/mol. The molecule has 0 fully saturated rings. The van der Waals surface area contributed by atoms with Crippen LogP contribution in [0.4, 0.5) is 0 Å². The van der Waals surface area contributed by atoms with Gasteiger partial charge in [-0.15, -0.1) is 0 Å². The Morgan fingerprint density at radius 3 is 2.56 bits per heavy atom. The molecule has 0 bridgehead atoms. The van der Waals surface area contributed by atoms with Crippen molar-refractivity contribution in [2.45, 2.75) is 26.1 Å². The SMILES string of the molecule is CNC(=O)C(C)Oc1cc(OC)ccc1C(C)O. The van der Waals surface area contributed by atoms with E-state index in [1.165, 1.54) is 0 Å². The highest BCUT2D eigenvalue weighted by Gasteiger charge is 2.17. The first-order valence-electron chi connectivity index (χ1n) is 5.73. The van der Waals surface area contributed by atoms with Crippen molar-refractivity contribution in [2.24, 2.45) is 0 Å². The number of hydrogen-bond donors (Lipinski definition) is 2. The molecule has 1 amide bonds. The van der Waals surface area contributed by atoms with E-state index in [0.717, 1.165) is 0 Å². The van der Waals surface area contributed by atoms with E-state index in [4.69, 9.17) is 9.47 Å². The summed E-state index contributed by atoms with van der Waals surface area (Å²) in [4.78, 5) is 11.4. The predicted molar refractivity (Wildman–Crippen MR) is 67.8 cm³/mol. The first-order valence-corrected chi connectivity index (χ1v) is 5.73. The van der Waals surface area contributed by atoms with Gasteiger partial charge in [-0.3, -0.25) is 4.79 Å². The van der Waals surface area contributed by atoms with Crippen molar-refractivity contribution >= 4 is 5.91 Å². The second-order valence-electron chi connectivity index (χ2n) is 3.95. The van der Waals surface area contributed by atoms with Crippen molar-refractivity contribution in [3.63, 3.8) is 0 Å². The molecule has 0 aromatic heterocycles. The molecule has 5 heteroatoms. The van der Waals surface area contributed by atoms with Gasteiger partial charge in [0.1, 0.15) is 11.5 Å². The second-order valence-corrected chi connectivity index (χ2v) is 3.95. The summed E-state index contributed by atoms with van der Waals surface area (Å²) in [5, 5.41) is 12.2. The summed E-state index contributed by atoms with van der Waals surface area (Å²) < 4.78 is 10.6. The Labute approximate surface area is 107 Å². The van der Waals surface area contributed by atoms with Crippen LogP contribution in [0.2, 0.25) is 0 Å². The number of methoxy groups -OCH3 is 1. The van der Waals surface area contributed by atoms with Gasteiger partial charge in [-0.05, 0) is 26.0 Å². The number of hydrogen-bond acceptors (Lipinski definition) is 4. The van der Waals surface area contributed by atoms with Crippen molar-refractivity contribution in [3.05, 3.63) is 23.8 Å². The van der Waals surface area contributed by atoms with E-state index >= 15 is 0 Å². The zero-order valence-electron chi connectivity index (χ0n) is 11.1. The molecule has 0 radical (unpaired) electrons. The van der Waals surface area contributed by atoms with E-state index < -0.39 is 12.2 Å². The van der Waals surface area contributed by atoms with Gasteiger partial charge in [0.15, 0.2) is 6.10 Å². The lowest BCUT2D eigenvalue weighted by Gasteiger charge is -2.18. The minimum atomic E-state index is -0.678. The van der Waals surface area contributed by atoms with Gasteiger partial charge in [0.25, 0.3) is 5.91 Å². The standard InChI is InChI=1S/C13H19NO4/c1-8(15)11-6-5-10(17-4)7-12(11)18-9(2)13(16)14-3/h5-9,15H,1-4H3,(H,14,16). The Morgan fingerprint density at radius 1 is 1.39 bits per heavy atom. The largest absolute Gasteiger partial charge is 0.497 e. The highest BCUT2D eigenvalue weighted by molar-refractivity contribution is 5.80. The number of rotatable bonds is 5. The fourth-order valence-electron chi connectivity index (χ4n) is 1.54. The van der Waals surface area contributed by atoms with Crippen LogP contribution in [-0.2, 0) is 4.79 Å². The van der Waals surface area contributed by atoms with Crippen LogP contribution in [0.25, 0.3) is 0 Å². The van der Waals surface area contributed by atoms with E-state index in [9.17, 15) is 9.90 Å². The van der Waals surface area contributed by atoms with Crippen LogP contribution in [0.3, 0.4) is 0 Å². The van der Waals surface area contributed by atoms with Crippen LogP contribution in [0, 0.1) is 0 Å². The minimum absolute atomic E-state index is 0.227. The third kappa shape index (κ3) is 3.37. The zero-order chi connectivity index (χ0) is 13.7. The normalized spacial score (nSPS) is 13.6. The third-order valence-corrected chi connectivity index (χ3v) is 2.59. The van der Waals surface area contributed by atoms with Crippen LogP contribution in [0.5, 0.6) is 11.5 Å². The molecular weight excluding hydrogens is 234 g/mol. The van der Waals surface area contributed by atoms with Gasteiger partial charge in [-0.25, -0.2) is 0 Å². The first-order chi connectivity index (χ1) is 8.49. The van der Waals surface area contributed by atoms with E-state index in [-0.39, 0.29) is 5.91 Å². The van der Waals surface area contributed by atoms with Gasteiger partial charge < -0.3 is 19.9 Å². The number of likely N-dealkylation sites (N-methyl/N-ethyl adjacent to an activating group) is 1. The van der Waals surface area contributed by atoms with Crippen molar-refractivity contribution in [1.82, 2.24) is 5.32 Å². The van der Waals surface area contributed by atoms with Crippen molar-refractivity contribution in [1.29, 1.82) is 0 Å². The lowest BCUT2D eigenvalue weighted by atomic mass is 10.1. The van der Waals surface area contributed by atoms with Crippen molar-refractivity contribution < 1.29 is 19.4 Å². The highest BCUT2D eigenvalue weighted by atomic mass is 16.5. The number of aliphatic hydroxyl groups excluding tert-OH is 1. The van der Waals surface area contributed by atoms with E-state index in [2.05, 4.69) is 5.32 Å². The Morgan fingerprint density at radius 2 is 2.06 bits per heavy atom. The fraction of sp³-hybridized carbons (Fsp3) is 0.462. The summed E-state index contributed by atoms with van der Waals surface area (Å²) in [6, 6.07) is 5.11. The predicted octanol–water partition coefficient (Wildman–Crippen LogP) is 1.26. The molecule has 2 atom stereocenters. The molecule has 2 unspecified atom stereocenters. The number of amides is 1. The summed E-state index contributed by atoms with van der Waals surface area (Å²) >= 11 is 0. The van der Waals surface area contributed by atoms with E-state index in [0.29, 0.717) is 17.1 Å². The van der Waals surface area contributed by atoms with Gasteiger partial charge >= 0.3 is 0 Å². The number of carbonyl (C=O) groups excluding carboxylic acids is 1. The van der Waals surface area contributed by atoms with Crippen molar-refractivity contribution in [2.75, 3.05) is 14.2 Å². The number of carbonyl (C=O) groups is 1. The lowest BCUT2D eigenvalue weighted by Crippen LogP contribution is -2.34. The zero-order valence-corrected chi connectivity index (χ0v) is 11.1. The Balaban J connectivity index is 3.00. The summed E-state index contributed by atoms with van der Waals surface area (Å²) in [5.74, 6) is 0.827. The Hall–Kier alpha value is -1.75. The summed E-state index contributed by atoms with van der Waals surface area (Å²) in [5.41, 5.74) is 0.617. The molecule has 0 spiro atoms. The maximum atomic E-state index is 11.4. The molecule has 0 aliphatic heterocycles. The molecular formula is C13H19NO4. The highest BCUT2D eigenvalue weighted by Crippen LogP contribution is 2.30. The fourth-order valence-corrected chi connectivity index (χ4v) is 1.54. The van der Waals surface area contributed by atoms with Gasteiger partial charge in [0.05, 0.1) is 13.2 Å². The number of ether oxygens (including phenoxy) is 2. The summed E-state index contributed by atoms with van der Waals surface area (Å²) in [6.45, 7) is 3.28. The summed E-state index contributed by atoms with van der Waals surface area (Å²) in [6.07, 6.45) is -1.32. The number of nitrogens with one attached hydrogen (secondary N) is 1. The third-order valence-electron chi connectivity index (χ3n) is 2.59. The van der Waals surface area contributed by atoms with Gasteiger partial charge in [-0.1, -0.05) is 0 Å². The van der Waals surface area contributed by atoms with Crippen LogP contribution in [0.1, 0.15) is 25.5 Å². The van der Waals surface area contributed by atoms with Crippen molar-refractivity contribution in [3.8, 4) is 11.5 Å². The molecule has 1 aromatic carbocycles. The van der Waals surface area contributed by atoms with Crippen LogP contribution in [-0.4, -0.2) is 31.3 Å². The molecule has 5 nitrogen and oxygen atoms in total. The smallest absolute Gasteiger partial charge is 0.260 e. The second kappa shape index (κ2) is 6.26. The quantitative estimate of drug-likeness (QED) is 0.829. The number of benzene rings is 1. The minimum Gasteiger partial charge on any atom is -0.497 e. The molecule has 0 aliphatic rings. The molecule has 18 heavy (non-hydrogen) atoms. The Kier molecular flexibility index (Phi) is 4.97. The maximum absolute atomic E-state index is 11.4. The Bertz CT molecular complexity index is 417. The summed E-state index contributed by atoms with van der Waals surface area (Å²) in [7, 11) is 3.09. The molecule has 0 heterocycles. The molecule has 0 saturated carbocycles. The maximum Gasteiger partial charge on any atom is 0.260 e. The van der Waals surface area contributed by atoms with E-state index in [1.54, 1.807) is 46.2 Å². The van der Waals surface area contributed by atoms with Crippen LogP contribution in [0.15, 0.2) is 18.2 Å². The lowest BCUT2D eigenvalue weighted by molar-refractivity contribution is -0.126. The molecule has 100 valence electrons. The average Bonchev–Trinajstić information content (AvgIpc) is 2.37. The molecule has 1 aromatic rings. The van der Waals surface area contributed by atoms with Gasteiger partial charge in [0.2, 0.25) is 0 Å². The van der Waals surface area contributed by atoms with Gasteiger partial charge in [0, 0.05) is 18.7 Å². The number of aliphatic hydroxyl groups is 1. The van der Waals surface area contributed by atoms with Crippen LogP contribution >= 0.6 is 0 Å². The molecule has 1 rings (SSSR count). The molecule has 2 N–H and O–H groups in total. The monoisotopic (exact) mass is 253 g/mol. The van der Waals surface area contributed by atoms with Gasteiger partial charge in [-0.2, -0.15) is 0 Å². The van der Waals surface area contributed by atoms with Crippen LogP contribution < -0.4 is 14.8 Å². The van der Waals surface area contributed by atoms with E-state index in [1.807, 2.05) is 0 Å². The first kappa shape index (κ1) is 14.3. The molecule has 0 saturated heterocycles.